The molecule has 1 fully saturated rings. The van der Waals surface area contributed by atoms with Crippen LogP contribution >= 0.6 is 0 Å². The van der Waals surface area contributed by atoms with Gasteiger partial charge < -0.3 is 39.5 Å². The molecule has 27 nitrogen and oxygen atoms in total. The summed E-state index contributed by atoms with van der Waals surface area (Å²) in [6, 6.07) is 32.9. The Labute approximate surface area is 750 Å². The molecule has 8 heterocycles. The highest BCUT2D eigenvalue weighted by atomic mass is 16.6. The Bertz CT molecular complexity index is 4660. The van der Waals surface area contributed by atoms with Gasteiger partial charge in [0.25, 0.3) is 5.91 Å². The Morgan fingerprint density at radius 3 is 1.20 bits per heavy atom. The average molecular weight is 1730 g/mol. The molecule has 1 amide bonds. The second kappa shape index (κ2) is 51.5. The number of morpholine rings is 1. The molecule has 0 aliphatic carbocycles. The standard InChI is InChI=1S/C16H26N2O.C14H16N2.C14H21NO2.C13H20N2O3.C12H17NO2.C11H14N4.C11H16N2O2.C8H13N3/c1-16(2,3)14-6-7-15(17-13-14)5-4-8-18-9-11-19-12-10-18;1-14(2,3)13-6-4-11(5-7-13)12-8-15-10-16-9-12;1-14(2,3)12-7-5-11(6-8-12)13(16)15-9-10-17-4;1-13(2,3)10-8-14-11(15-9-10)7-12(16)18-6-5-17-4;1-12(2,3)9-5-6-10(13-8-9)7-11(14)15-4;1-11(2,3)9-4-6-10(7-5-9)15-8-12-13-14-15;1-11(2,3)8-6-12-9(13-7-8)5-10(14)15-4;1-8(2,3)6-4-10-7(9)11-5-6/h6-7,13H,4-5,8-12H2,1-3H3;4-10H,1-3H3;5-8H,9-10H2,1-4H3,(H,15,16);8-9H,5-7H2,1-4H3;5-6,8H,7H2,1-4H3;4-8H,1-3H3;6-7H,5H2,1-4H3;4-5H,1-3H3,(H2,9,10,11). The van der Waals surface area contributed by atoms with Crippen LogP contribution in [0, 0.1) is 0 Å². The number of hydrogen-bond acceptors (Lipinski definition) is 25. The largest absolute Gasteiger partial charge is 0.469 e. The first kappa shape index (κ1) is 107. The van der Waals surface area contributed by atoms with Crippen molar-refractivity contribution in [1.82, 2.24) is 80.3 Å². The predicted octanol–water partition coefficient (Wildman–Crippen LogP) is 16.9. The first-order valence-electron chi connectivity index (χ1n) is 42.7. The van der Waals surface area contributed by atoms with Crippen LogP contribution in [0.5, 0.6) is 0 Å². The number of aromatic nitrogens is 14. The van der Waals surface area contributed by atoms with E-state index in [1.165, 1.54) is 48.6 Å². The zero-order chi connectivity index (χ0) is 94.1. The number of methoxy groups -OCH3 is 4. The molecule has 0 atom stereocenters. The van der Waals surface area contributed by atoms with Gasteiger partial charge in [0, 0.05) is 113 Å². The van der Waals surface area contributed by atoms with E-state index in [0.29, 0.717) is 42.9 Å². The van der Waals surface area contributed by atoms with Crippen LogP contribution in [-0.4, -0.2) is 186 Å². The molecule has 3 aromatic carbocycles. The van der Waals surface area contributed by atoms with Crippen LogP contribution in [0.15, 0.2) is 172 Å². The topological polar surface area (TPSA) is 337 Å². The summed E-state index contributed by atoms with van der Waals surface area (Å²) in [5.74, 6) is 0.334. The number of aryl methyl sites for hydroxylation is 1. The van der Waals surface area contributed by atoms with Crippen LogP contribution in [0.25, 0.3) is 16.8 Å². The van der Waals surface area contributed by atoms with Gasteiger partial charge in [0.05, 0.1) is 58.4 Å². The number of benzene rings is 3. The molecule has 1 aliphatic heterocycles. The zero-order valence-electron chi connectivity index (χ0n) is 80.4. The number of amides is 1. The summed E-state index contributed by atoms with van der Waals surface area (Å²) in [6.07, 6.45) is 23.9. The quantitative estimate of drug-likeness (QED) is 0.0431. The van der Waals surface area contributed by atoms with Gasteiger partial charge in [-0.15, -0.1) is 5.10 Å². The minimum Gasteiger partial charge on any atom is -0.469 e. The van der Waals surface area contributed by atoms with E-state index in [-0.39, 0.29) is 93.0 Å². The van der Waals surface area contributed by atoms with Crippen LogP contribution in [-0.2, 0) is 112 Å². The average Bonchev–Trinajstić information content (AvgIpc) is 1.07. The van der Waals surface area contributed by atoms with Gasteiger partial charge in [-0.25, -0.2) is 44.6 Å². The van der Waals surface area contributed by atoms with Crippen LogP contribution < -0.4 is 11.1 Å². The number of anilines is 1. The van der Waals surface area contributed by atoms with Crippen LogP contribution in [0.2, 0.25) is 0 Å². The molecule has 10 aromatic rings. The third-order valence-corrected chi connectivity index (χ3v) is 19.6. The number of hydrogen-bond donors (Lipinski definition) is 2. The van der Waals surface area contributed by atoms with E-state index in [1.54, 1.807) is 68.7 Å². The highest BCUT2D eigenvalue weighted by Gasteiger charge is 2.22. The second-order valence-electron chi connectivity index (χ2n) is 38.5. The van der Waals surface area contributed by atoms with Crippen molar-refractivity contribution >= 4 is 29.8 Å². The van der Waals surface area contributed by atoms with Gasteiger partial charge in [-0.1, -0.05) is 227 Å². The summed E-state index contributed by atoms with van der Waals surface area (Å²) in [6.45, 7) is 58.4. The number of nitrogens with two attached hydrogens (primary N) is 1. The second-order valence-corrected chi connectivity index (χ2v) is 38.5. The predicted molar refractivity (Wildman–Crippen MR) is 499 cm³/mol. The third-order valence-electron chi connectivity index (χ3n) is 19.6. The fourth-order valence-electron chi connectivity index (χ4n) is 11.0. The molecule has 0 spiro atoms. The van der Waals surface area contributed by atoms with E-state index in [0.717, 1.165) is 84.0 Å². The lowest BCUT2D eigenvalue weighted by Gasteiger charge is -2.26. The summed E-state index contributed by atoms with van der Waals surface area (Å²) in [7, 11) is 5.91. The minimum absolute atomic E-state index is 0.0114. The number of nitrogen functional groups attached to an aromatic ring is 1. The fourth-order valence-corrected chi connectivity index (χ4v) is 11.0. The molecule has 11 rings (SSSR count). The van der Waals surface area contributed by atoms with Gasteiger partial charge in [0.2, 0.25) is 5.95 Å². The molecule has 0 bridgehead atoms. The number of nitrogens with one attached hydrogen (secondary N) is 1. The molecular formula is C99H143N17O10. The normalized spacial score (nSPS) is 12.3. The number of carbonyl (C=O) groups is 4. The number of pyridine rings is 2. The van der Waals surface area contributed by atoms with Crippen molar-refractivity contribution in [2.24, 2.45) is 0 Å². The molecule has 684 valence electrons. The maximum absolute atomic E-state index is 11.7. The van der Waals surface area contributed by atoms with E-state index >= 15 is 0 Å². The molecule has 126 heavy (non-hydrogen) atoms. The van der Waals surface area contributed by atoms with Crippen LogP contribution in [0.3, 0.4) is 0 Å². The Morgan fingerprint density at radius 1 is 0.413 bits per heavy atom. The number of rotatable bonds is 19. The van der Waals surface area contributed by atoms with E-state index in [9.17, 15) is 19.2 Å². The maximum atomic E-state index is 11.7. The lowest BCUT2D eigenvalue weighted by Crippen LogP contribution is -2.36. The minimum atomic E-state index is -0.337. The highest BCUT2D eigenvalue weighted by Crippen LogP contribution is 2.29. The smallest absolute Gasteiger partial charge is 0.313 e. The molecule has 1 aliphatic rings. The Hall–Kier alpha value is -11.1. The van der Waals surface area contributed by atoms with Gasteiger partial charge >= 0.3 is 17.9 Å². The lowest BCUT2D eigenvalue weighted by atomic mass is 9.86. The lowest BCUT2D eigenvalue weighted by molar-refractivity contribution is -0.144. The summed E-state index contributed by atoms with van der Waals surface area (Å²) in [4.78, 5) is 88.8. The van der Waals surface area contributed by atoms with E-state index in [2.05, 4.69) is 300 Å². The van der Waals surface area contributed by atoms with E-state index in [1.807, 2.05) is 73.3 Å². The van der Waals surface area contributed by atoms with Crippen molar-refractivity contribution in [3.05, 3.63) is 245 Å². The van der Waals surface area contributed by atoms with Crippen molar-refractivity contribution < 1.29 is 47.6 Å². The van der Waals surface area contributed by atoms with E-state index in [4.69, 9.17) is 24.7 Å². The number of ether oxygens (including phenoxy) is 6. The van der Waals surface area contributed by atoms with Gasteiger partial charge in [0.15, 0.2) is 0 Å². The van der Waals surface area contributed by atoms with Crippen molar-refractivity contribution in [2.75, 3.05) is 93.4 Å². The molecule has 27 heteroatoms. The summed E-state index contributed by atoms with van der Waals surface area (Å²) in [5, 5.41) is 13.8. The van der Waals surface area contributed by atoms with E-state index < -0.39 is 0 Å². The van der Waals surface area contributed by atoms with Gasteiger partial charge in [-0.3, -0.25) is 34.0 Å². The zero-order valence-corrected chi connectivity index (χ0v) is 80.4. The van der Waals surface area contributed by atoms with Crippen LogP contribution in [0.4, 0.5) is 5.95 Å². The van der Waals surface area contributed by atoms with Gasteiger partial charge in [-0.2, -0.15) is 0 Å². The fraction of sp³-hybridized carbons (Fsp3) is 0.505. The SMILES string of the molecule is CC(C)(C)c1ccc(-c2cncnc2)cc1.CC(C)(C)c1ccc(-n2cnnn2)cc1.CC(C)(C)c1ccc(CCCN2CCOCC2)nc1.CC(C)(C)c1cnc(N)nc1.COC(=O)Cc1ccc(C(C)(C)C)cn1.COC(=O)Cc1ncc(C(C)(C)C)cn1.COCCNC(=O)c1ccc(C(C)(C)C)cc1.COCCOC(=O)Cc1ncc(C(C)(C)C)cn1. The molecule has 0 saturated carbocycles. The van der Waals surface area contributed by atoms with Crippen LogP contribution in [0.1, 0.15) is 250 Å². The highest BCUT2D eigenvalue weighted by molar-refractivity contribution is 5.94. The first-order chi connectivity index (χ1) is 58.9. The van der Waals surface area contributed by atoms with Crippen molar-refractivity contribution in [3.8, 4) is 16.8 Å². The number of tetrazole rings is 1. The van der Waals surface area contributed by atoms with Gasteiger partial charge in [-0.05, 0) is 160 Å². The third kappa shape index (κ3) is 41.8. The molecule has 3 N–H and O–H groups in total. The maximum Gasteiger partial charge on any atom is 0.313 e. The van der Waals surface area contributed by atoms with Crippen molar-refractivity contribution in [3.63, 3.8) is 0 Å². The molecule has 1 saturated heterocycles. The number of nitrogens with zero attached hydrogens (tertiary/aromatic N) is 15. The van der Waals surface area contributed by atoms with Crippen molar-refractivity contribution in [2.45, 2.75) is 242 Å². The monoisotopic (exact) mass is 1730 g/mol. The summed E-state index contributed by atoms with van der Waals surface area (Å²) >= 11 is 0. The van der Waals surface area contributed by atoms with Gasteiger partial charge in [0.1, 0.15) is 43.8 Å². The molecular weight excluding hydrogens is 1590 g/mol. The Morgan fingerprint density at radius 2 is 0.802 bits per heavy atom. The Kier molecular flexibility index (Phi) is 43.8. The first-order valence-corrected chi connectivity index (χ1v) is 42.7. The number of carbonyl (C=O) groups excluding carboxylic acids is 4. The summed E-state index contributed by atoms with van der Waals surface area (Å²) < 4.78 is 30.7. The van der Waals surface area contributed by atoms with Crippen molar-refractivity contribution in [1.29, 1.82) is 0 Å². The molecule has 7 aromatic heterocycles. The summed E-state index contributed by atoms with van der Waals surface area (Å²) in [5.41, 5.74) is 21.7. The number of esters is 3. The molecule has 0 radical (unpaired) electrons. The molecule has 0 unspecified atom stereocenters. The Balaban J connectivity index is 0.000000303.